The Labute approximate surface area is 173 Å². The number of carbonyl (C=O) groups excluding carboxylic acids is 1. The van der Waals surface area contributed by atoms with Crippen molar-refractivity contribution >= 4 is 33.0 Å². The number of thiophene rings is 1. The SMILES string of the molecule is CCN(CC)S(=O)(=O)c1ccc(NC(=O)CCc2nc(-c3ccsc3)no2)cc1. The number of nitrogens with one attached hydrogen (secondary N) is 1. The zero-order chi connectivity index (χ0) is 20.9. The Kier molecular flexibility index (Phi) is 6.78. The lowest BCUT2D eigenvalue weighted by Gasteiger charge is -2.18. The fourth-order valence-corrected chi connectivity index (χ4v) is 4.82. The van der Waals surface area contributed by atoms with Crippen molar-refractivity contribution in [3.63, 3.8) is 0 Å². The van der Waals surface area contributed by atoms with Crippen molar-refractivity contribution in [2.24, 2.45) is 0 Å². The third kappa shape index (κ3) is 5.08. The molecular formula is C19H22N4O4S2. The molecule has 154 valence electrons. The van der Waals surface area contributed by atoms with Crippen LogP contribution in [0.15, 0.2) is 50.5 Å². The lowest BCUT2D eigenvalue weighted by atomic mass is 10.2. The van der Waals surface area contributed by atoms with Gasteiger partial charge in [-0.25, -0.2) is 8.42 Å². The van der Waals surface area contributed by atoms with Gasteiger partial charge in [0.05, 0.1) is 4.90 Å². The Balaban J connectivity index is 1.56. The predicted octanol–water partition coefficient (Wildman–Crippen LogP) is 3.40. The third-order valence-electron chi connectivity index (χ3n) is 4.29. The summed E-state index contributed by atoms with van der Waals surface area (Å²) in [6, 6.07) is 8.05. The first kappa shape index (κ1) is 21.2. The largest absolute Gasteiger partial charge is 0.339 e. The fourth-order valence-electron chi connectivity index (χ4n) is 2.73. The first-order valence-electron chi connectivity index (χ1n) is 9.19. The highest BCUT2D eigenvalue weighted by atomic mass is 32.2. The van der Waals surface area contributed by atoms with E-state index in [0.717, 1.165) is 5.56 Å². The van der Waals surface area contributed by atoms with Gasteiger partial charge in [0.15, 0.2) is 0 Å². The van der Waals surface area contributed by atoms with Crippen LogP contribution in [0.3, 0.4) is 0 Å². The summed E-state index contributed by atoms with van der Waals surface area (Å²) in [5, 5.41) is 10.5. The van der Waals surface area contributed by atoms with E-state index in [-0.39, 0.29) is 17.2 Å². The molecule has 0 saturated heterocycles. The smallest absolute Gasteiger partial charge is 0.243 e. The molecule has 0 saturated carbocycles. The van der Waals surface area contributed by atoms with Crippen molar-refractivity contribution in [2.45, 2.75) is 31.6 Å². The summed E-state index contributed by atoms with van der Waals surface area (Å²) >= 11 is 1.54. The van der Waals surface area contributed by atoms with E-state index in [1.165, 1.54) is 16.4 Å². The van der Waals surface area contributed by atoms with E-state index in [1.807, 2.05) is 16.8 Å². The van der Waals surface area contributed by atoms with Gasteiger partial charge in [-0.1, -0.05) is 19.0 Å². The summed E-state index contributed by atoms with van der Waals surface area (Å²) in [5.74, 6) is 0.674. The van der Waals surface area contributed by atoms with Crippen LogP contribution in [-0.4, -0.2) is 41.9 Å². The van der Waals surface area contributed by atoms with Crippen LogP contribution in [0.1, 0.15) is 26.2 Å². The highest BCUT2D eigenvalue weighted by Gasteiger charge is 2.21. The first-order valence-corrected chi connectivity index (χ1v) is 11.6. The zero-order valence-electron chi connectivity index (χ0n) is 16.2. The summed E-state index contributed by atoms with van der Waals surface area (Å²) < 4.78 is 31.5. The summed E-state index contributed by atoms with van der Waals surface area (Å²) in [4.78, 5) is 16.7. The van der Waals surface area contributed by atoms with Crippen LogP contribution in [0.25, 0.3) is 11.4 Å². The molecule has 3 aromatic rings. The van der Waals surface area contributed by atoms with E-state index in [9.17, 15) is 13.2 Å². The molecule has 0 unspecified atom stereocenters. The first-order chi connectivity index (χ1) is 13.9. The van der Waals surface area contributed by atoms with E-state index >= 15 is 0 Å². The Hall–Kier alpha value is -2.56. The van der Waals surface area contributed by atoms with E-state index in [0.29, 0.717) is 36.9 Å². The van der Waals surface area contributed by atoms with Crippen molar-refractivity contribution in [1.82, 2.24) is 14.4 Å². The van der Waals surface area contributed by atoms with Gasteiger partial charge in [0, 0.05) is 42.6 Å². The number of amides is 1. The number of benzene rings is 1. The molecular weight excluding hydrogens is 412 g/mol. The molecule has 2 aromatic heterocycles. The van der Waals surface area contributed by atoms with Crippen LogP contribution in [0, 0.1) is 0 Å². The molecule has 10 heteroatoms. The summed E-state index contributed by atoms with van der Waals surface area (Å²) in [6.45, 7) is 4.40. The van der Waals surface area contributed by atoms with Gasteiger partial charge in [0.25, 0.3) is 0 Å². The number of hydrogen-bond acceptors (Lipinski definition) is 7. The van der Waals surface area contributed by atoms with Crippen LogP contribution in [0.2, 0.25) is 0 Å². The monoisotopic (exact) mass is 434 g/mol. The van der Waals surface area contributed by atoms with Crippen molar-refractivity contribution in [1.29, 1.82) is 0 Å². The average molecular weight is 435 g/mol. The maximum Gasteiger partial charge on any atom is 0.243 e. The van der Waals surface area contributed by atoms with Crippen LogP contribution < -0.4 is 5.32 Å². The van der Waals surface area contributed by atoms with Gasteiger partial charge in [0.2, 0.25) is 27.6 Å². The third-order valence-corrected chi connectivity index (χ3v) is 7.04. The van der Waals surface area contributed by atoms with Gasteiger partial charge in [-0.05, 0) is 35.7 Å². The fraction of sp³-hybridized carbons (Fsp3) is 0.316. The Morgan fingerprint density at radius 3 is 2.52 bits per heavy atom. The number of nitrogens with zero attached hydrogens (tertiary/aromatic N) is 3. The molecule has 8 nitrogen and oxygen atoms in total. The maximum atomic E-state index is 12.5. The molecule has 3 rings (SSSR count). The minimum Gasteiger partial charge on any atom is -0.339 e. The van der Waals surface area contributed by atoms with Crippen LogP contribution in [-0.2, 0) is 21.2 Å². The van der Waals surface area contributed by atoms with E-state index in [4.69, 9.17) is 4.52 Å². The molecule has 1 N–H and O–H groups in total. The number of anilines is 1. The second-order valence-corrected chi connectivity index (χ2v) is 8.90. The maximum absolute atomic E-state index is 12.5. The summed E-state index contributed by atoms with van der Waals surface area (Å²) in [6.07, 6.45) is 0.488. The Morgan fingerprint density at radius 2 is 1.90 bits per heavy atom. The molecule has 0 aliphatic heterocycles. The molecule has 0 fully saturated rings. The number of aromatic nitrogens is 2. The van der Waals surface area contributed by atoms with Crippen molar-refractivity contribution in [3.8, 4) is 11.4 Å². The van der Waals surface area contributed by atoms with Gasteiger partial charge in [0.1, 0.15) is 0 Å². The standard InChI is InChI=1S/C19H22N4O4S2/c1-3-23(4-2)29(25,26)16-7-5-15(6-8-16)20-17(24)9-10-18-21-19(22-27-18)14-11-12-28-13-14/h5-8,11-13H,3-4,9-10H2,1-2H3,(H,20,24). The molecule has 0 atom stereocenters. The predicted molar refractivity (Wildman–Crippen MR) is 111 cm³/mol. The molecule has 0 bridgehead atoms. The molecule has 0 radical (unpaired) electrons. The molecule has 29 heavy (non-hydrogen) atoms. The second-order valence-electron chi connectivity index (χ2n) is 6.19. The topological polar surface area (TPSA) is 105 Å². The van der Waals surface area contributed by atoms with Crippen LogP contribution >= 0.6 is 11.3 Å². The highest BCUT2D eigenvalue weighted by molar-refractivity contribution is 7.89. The highest BCUT2D eigenvalue weighted by Crippen LogP contribution is 2.20. The molecule has 1 aromatic carbocycles. The quantitative estimate of drug-likeness (QED) is 0.553. The van der Waals surface area contributed by atoms with Crippen LogP contribution in [0.5, 0.6) is 0 Å². The van der Waals surface area contributed by atoms with Gasteiger partial charge < -0.3 is 9.84 Å². The molecule has 2 heterocycles. The minimum absolute atomic E-state index is 0.171. The van der Waals surface area contributed by atoms with Gasteiger partial charge in [-0.15, -0.1) is 0 Å². The number of hydrogen-bond donors (Lipinski definition) is 1. The number of carbonyl (C=O) groups is 1. The van der Waals surface area contributed by atoms with Crippen LogP contribution in [0.4, 0.5) is 5.69 Å². The molecule has 0 aliphatic carbocycles. The lowest BCUT2D eigenvalue weighted by Crippen LogP contribution is -2.30. The van der Waals surface area contributed by atoms with Gasteiger partial charge in [-0.3, -0.25) is 4.79 Å². The minimum atomic E-state index is -3.52. The van der Waals surface area contributed by atoms with Crippen molar-refractivity contribution in [3.05, 3.63) is 47.0 Å². The van der Waals surface area contributed by atoms with E-state index in [1.54, 1.807) is 37.3 Å². The Bertz CT molecular complexity index is 1040. The lowest BCUT2D eigenvalue weighted by molar-refractivity contribution is -0.116. The molecule has 0 spiro atoms. The van der Waals surface area contributed by atoms with Crippen molar-refractivity contribution < 1.29 is 17.7 Å². The summed E-state index contributed by atoms with van der Waals surface area (Å²) in [5.41, 5.74) is 1.41. The number of rotatable bonds is 9. The van der Waals surface area contributed by atoms with Gasteiger partial charge in [-0.2, -0.15) is 20.6 Å². The average Bonchev–Trinajstić information content (AvgIpc) is 3.39. The van der Waals surface area contributed by atoms with E-state index in [2.05, 4.69) is 15.5 Å². The zero-order valence-corrected chi connectivity index (χ0v) is 17.8. The number of aryl methyl sites for hydroxylation is 1. The Morgan fingerprint density at radius 1 is 1.17 bits per heavy atom. The summed E-state index contributed by atoms with van der Waals surface area (Å²) in [7, 11) is -3.52. The van der Waals surface area contributed by atoms with Gasteiger partial charge >= 0.3 is 0 Å². The normalized spacial score (nSPS) is 11.7. The second kappa shape index (κ2) is 9.29. The van der Waals surface area contributed by atoms with Crippen molar-refractivity contribution in [2.75, 3.05) is 18.4 Å². The molecule has 1 amide bonds. The van der Waals surface area contributed by atoms with E-state index < -0.39 is 10.0 Å². The molecule has 0 aliphatic rings. The number of sulfonamides is 1.